The lowest BCUT2D eigenvalue weighted by Crippen LogP contribution is -2.46. The average Bonchev–Trinajstić information content (AvgIpc) is 3.29. The van der Waals surface area contributed by atoms with Gasteiger partial charge in [0.25, 0.3) is 5.91 Å². The number of likely N-dealkylation sites (tertiary alicyclic amines) is 1. The van der Waals surface area contributed by atoms with Gasteiger partial charge in [-0.05, 0) is 43.5 Å². The minimum absolute atomic E-state index is 0.0161. The van der Waals surface area contributed by atoms with E-state index in [2.05, 4.69) is 9.97 Å². The first-order chi connectivity index (χ1) is 20.9. The topological polar surface area (TPSA) is 136 Å². The number of ether oxygens (including phenoxy) is 1. The number of fused-ring (bicyclic) bond motifs is 2. The van der Waals surface area contributed by atoms with Crippen molar-refractivity contribution < 1.29 is 37.0 Å². The molecule has 1 aromatic carbocycles. The zero-order valence-electron chi connectivity index (χ0n) is 23.1. The Kier molecular flexibility index (Phi) is 6.48. The molecule has 1 saturated carbocycles. The molecule has 3 aliphatic rings. The summed E-state index contributed by atoms with van der Waals surface area (Å²) in [6.07, 6.45) is 0.276. The molecule has 10 nitrogen and oxygen atoms in total. The van der Waals surface area contributed by atoms with Gasteiger partial charge in [-0.25, -0.2) is 14.4 Å². The van der Waals surface area contributed by atoms with Gasteiger partial charge in [-0.15, -0.1) is 0 Å². The summed E-state index contributed by atoms with van der Waals surface area (Å²) < 4.78 is 62.3. The number of aliphatic hydroxyl groups is 1. The minimum Gasteiger partial charge on any atom is -0.382 e. The Hall–Kier alpha value is -4.43. The summed E-state index contributed by atoms with van der Waals surface area (Å²) in [5, 5.41) is 10.7. The Morgan fingerprint density at radius 3 is 2.64 bits per heavy atom. The highest BCUT2D eigenvalue weighted by molar-refractivity contribution is 5.98. The first-order valence-electron chi connectivity index (χ1n) is 14.0. The summed E-state index contributed by atoms with van der Waals surface area (Å²) in [5.41, 5.74) is 4.22. The number of rotatable bonds is 6. The number of Topliss-reactive ketones (excluding diaryl/α,β-unsaturated/α-hetero) is 1. The van der Waals surface area contributed by atoms with Gasteiger partial charge < -0.3 is 20.5 Å². The summed E-state index contributed by atoms with van der Waals surface area (Å²) in [6, 6.07) is 4.53. The molecule has 228 valence electrons. The van der Waals surface area contributed by atoms with Crippen molar-refractivity contribution in [2.24, 2.45) is 5.92 Å². The standard InChI is InChI=1S/C30H26F4N6O4/c31-20-9-15(23(41)12-18-11-17(3-6-36-18)30(32,33)34)1-2-19(20)24-25-26(35)37-7-8-39(25)27(38-24)21-10-16-13-44-14-22(16)40(21)28(42)29(43)4-5-29/h1-3,6-9,11,16,21-22,43H,4-5,10,12-14H2,(H2,35,37)/t16-,21-,22+/m0/s1. The number of nitrogens with zero attached hydrogens (tertiary/aromatic N) is 5. The molecule has 2 saturated heterocycles. The molecule has 3 atom stereocenters. The van der Waals surface area contributed by atoms with Crippen LogP contribution in [0.5, 0.6) is 0 Å². The van der Waals surface area contributed by atoms with Crippen LogP contribution in [0.3, 0.4) is 0 Å². The molecule has 3 N–H and O–H groups in total. The van der Waals surface area contributed by atoms with Crippen molar-refractivity contribution in [3.63, 3.8) is 0 Å². The molecular weight excluding hydrogens is 584 g/mol. The van der Waals surface area contributed by atoms with E-state index in [0.717, 1.165) is 24.4 Å². The maximum absolute atomic E-state index is 15.7. The molecule has 2 aliphatic heterocycles. The van der Waals surface area contributed by atoms with E-state index in [0.29, 0.717) is 43.8 Å². The van der Waals surface area contributed by atoms with Crippen molar-refractivity contribution in [1.29, 1.82) is 0 Å². The van der Waals surface area contributed by atoms with E-state index >= 15 is 4.39 Å². The molecule has 4 aromatic rings. The number of alkyl halides is 3. The zero-order chi connectivity index (χ0) is 31.0. The van der Waals surface area contributed by atoms with Gasteiger partial charge in [0, 0.05) is 41.3 Å². The molecule has 14 heteroatoms. The maximum Gasteiger partial charge on any atom is 0.416 e. The van der Waals surface area contributed by atoms with Crippen LogP contribution in [0.1, 0.15) is 52.7 Å². The molecule has 1 amide bonds. The molecule has 3 aromatic heterocycles. The summed E-state index contributed by atoms with van der Waals surface area (Å²) in [5.74, 6) is -1.28. The number of carbonyl (C=O) groups excluding carboxylic acids is 2. The van der Waals surface area contributed by atoms with Crippen LogP contribution < -0.4 is 5.73 Å². The quantitative estimate of drug-likeness (QED) is 0.249. The molecule has 0 unspecified atom stereocenters. The Morgan fingerprint density at radius 2 is 1.91 bits per heavy atom. The van der Waals surface area contributed by atoms with Crippen LogP contribution in [0, 0.1) is 11.7 Å². The zero-order valence-corrected chi connectivity index (χ0v) is 23.1. The predicted octanol–water partition coefficient (Wildman–Crippen LogP) is 3.77. The summed E-state index contributed by atoms with van der Waals surface area (Å²) in [6.45, 7) is 0.798. The van der Waals surface area contributed by atoms with Crippen LogP contribution in [0.2, 0.25) is 0 Å². The number of halogens is 4. The van der Waals surface area contributed by atoms with Crippen molar-refractivity contribution in [1.82, 2.24) is 24.3 Å². The van der Waals surface area contributed by atoms with Crippen molar-refractivity contribution in [2.45, 2.75) is 49.5 Å². The van der Waals surface area contributed by atoms with Crippen molar-refractivity contribution in [3.05, 3.63) is 77.4 Å². The normalized spacial score (nSPS) is 22.4. The highest BCUT2D eigenvalue weighted by Gasteiger charge is 2.57. The van der Waals surface area contributed by atoms with Crippen LogP contribution in [0.25, 0.3) is 16.8 Å². The lowest BCUT2D eigenvalue weighted by Gasteiger charge is -2.30. The van der Waals surface area contributed by atoms with Crippen molar-refractivity contribution >= 4 is 23.0 Å². The van der Waals surface area contributed by atoms with Gasteiger partial charge in [0.2, 0.25) is 0 Å². The number of amides is 1. The maximum atomic E-state index is 15.7. The number of hydrogen-bond acceptors (Lipinski definition) is 8. The molecule has 3 fully saturated rings. The van der Waals surface area contributed by atoms with Gasteiger partial charge in [-0.3, -0.25) is 19.0 Å². The molecular formula is C30H26F4N6O4. The molecule has 0 radical (unpaired) electrons. The van der Waals surface area contributed by atoms with Crippen LogP contribution in [-0.2, 0) is 22.1 Å². The smallest absolute Gasteiger partial charge is 0.382 e. The van der Waals surface area contributed by atoms with E-state index < -0.39 is 41.4 Å². The number of benzene rings is 1. The number of anilines is 1. The fourth-order valence-corrected chi connectivity index (χ4v) is 6.25. The second kappa shape index (κ2) is 10.1. The third-order valence-electron chi connectivity index (χ3n) is 8.68. The third-order valence-corrected chi connectivity index (χ3v) is 8.68. The first kappa shape index (κ1) is 28.3. The number of ketones is 1. The Labute approximate surface area is 247 Å². The number of pyridine rings is 1. The van der Waals surface area contributed by atoms with Crippen molar-refractivity contribution in [3.8, 4) is 11.3 Å². The van der Waals surface area contributed by atoms with Crippen LogP contribution in [0.4, 0.5) is 23.4 Å². The van der Waals surface area contributed by atoms with Crippen molar-refractivity contribution in [2.75, 3.05) is 18.9 Å². The molecule has 0 spiro atoms. The molecule has 44 heavy (non-hydrogen) atoms. The monoisotopic (exact) mass is 610 g/mol. The highest BCUT2D eigenvalue weighted by Crippen LogP contribution is 2.48. The first-order valence-corrected chi connectivity index (χ1v) is 14.0. The molecule has 1 aliphatic carbocycles. The SMILES string of the molecule is Nc1nccn2c([C@@H]3C[C@H]4COC[C@H]4N3C(=O)C3(O)CC3)nc(-c3ccc(C(=O)Cc4cc(C(F)(F)F)ccn4)cc3F)c12. The highest BCUT2D eigenvalue weighted by atomic mass is 19.4. The Balaban J connectivity index is 1.24. The number of hydrogen-bond donors (Lipinski definition) is 2. The fraction of sp³-hybridized carbons (Fsp3) is 0.367. The van der Waals surface area contributed by atoms with E-state index in [1.54, 1.807) is 15.5 Å². The van der Waals surface area contributed by atoms with Gasteiger partial charge in [0.05, 0.1) is 37.3 Å². The number of nitrogens with two attached hydrogens (primary N) is 1. The second-order valence-corrected chi connectivity index (χ2v) is 11.5. The minimum atomic E-state index is -4.59. The summed E-state index contributed by atoms with van der Waals surface area (Å²) >= 11 is 0. The molecule has 0 bridgehead atoms. The Morgan fingerprint density at radius 1 is 1.11 bits per heavy atom. The number of carbonyl (C=O) groups is 2. The van der Waals surface area contributed by atoms with E-state index in [9.17, 15) is 27.9 Å². The van der Waals surface area contributed by atoms with E-state index in [-0.39, 0.29) is 46.2 Å². The molecule has 7 rings (SSSR count). The van der Waals surface area contributed by atoms with E-state index in [1.165, 1.54) is 18.3 Å². The van der Waals surface area contributed by atoms with Gasteiger partial charge in [-0.1, -0.05) is 6.07 Å². The fourth-order valence-electron chi connectivity index (χ4n) is 6.25. The lowest BCUT2D eigenvalue weighted by molar-refractivity contribution is -0.146. The van der Waals surface area contributed by atoms with Gasteiger partial charge in [0.1, 0.15) is 34.3 Å². The summed E-state index contributed by atoms with van der Waals surface area (Å²) in [4.78, 5) is 40.8. The third kappa shape index (κ3) is 4.68. The second-order valence-electron chi connectivity index (χ2n) is 11.5. The van der Waals surface area contributed by atoms with E-state index in [4.69, 9.17) is 15.5 Å². The predicted molar refractivity (Wildman–Crippen MR) is 147 cm³/mol. The lowest BCUT2D eigenvalue weighted by atomic mass is 10.0. The molecule has 5 heterocycles. The van der Waals surface area contributed by atoms with Crippen LogP contribution in [-0.4, -0.2) is 65.9 Å². The van der Waals surface area contributed by atoms with Gasteiger partial charge >= 0.3 is 6.18 Å². The number of imidazole rings is 1. The largest absolute Gasteiger partial charge is 0.416 e. The van der Waals surface area contributed by atoms with Gasteiger partial charge in [-0.2, -0.15) is 13.2 Å². The van der Waals surface area contributed by atoms with Crippen LogP contribution in [0.15, 0.2) is 48.9 Å². The Bertz CT molecular complexity index is 1820. The number of nitrogen functional groups attached to an aromatic ring is 1. The average molecular weight is 611 g/mol. The van der Waals surface area contributed by atoms with Gasteiger partial charge in [0.15, 0.2) is 5.78 Å². The van der Waals surface area contributed by atoms with Crippen LogP contribution >= 0.6 is 0 Å². The number of aromatic nitrogens is 4. The van der Waals surface area contributed by atoms with E-state index in [1.807, 2.05) is 0 Å². The summed E-state index contributed by atoms with van der Waals surface area (Å²) in [7, 11) is 0.